The van der Waals surface area contributed by atoms with Gasteiger partial charge in [0.05, 0.1) is 18.8 Å². The number of aromatic amines is 2. The predicted molar refractivity (Wildman–Crippen MR) is 235 cm³/mol. The Bertz CT molecular complexity index is 2330. The van der Waals surface area contributed by atoms with E-state index in [-0.39, 0.29) is 50.3 Å². The fraction of sp³-hybridized carbons (Fsp3) is 0.432. The number of benzene rings is 2. The summed E-state index contributed by atoms with van der Waals surface area (Å²) >= 11 is 0. The molecule has 0 unspecified atom stereocenters. The van der Waals surface area contributed by atoms with Crippen LogP contribution in [0.4, 0.5) is 0 Å². The molecule has 0 saturated carbocycles. The first-order valence-corrected chi connectivity index (χ1v) is 21.3. The third-order valence-electron chi connectivity index (χ3n) is 11.0. The second-order valence-corrected chi connectivity index (χ2v) is 16.6. The average molecular weight is 900 g/mol. The number of phenols is 1. The highest BCUT2D eigenvalue weighted by atomic mass is 16.4. The Morgan fingerprint density at radius 3 is 2.12 bits per heavy atom. The van der Waals surface area contributed by atoms with Gasteiger partial charge in [0, 0.05) is 48.4 Å². The molecule has 1 fully saturated rings. The normalized spacial score (nSPS) is 16.4. The van der Waals surface area contributed by atoms with Crippen molar-refractivity contribution in [2.75, 3.05) is 6.54 Å². The number of phenolic OH excluding ortho intramolecular Hbond substituents is 1. The highest BCUT2D eigenvalue weighted by Gasteiger charge is 2.40. The third kappa shape index (κ3) is 13.6. The highest BCUT2D eigenvalue weighted by Crippen LogP contribution is 2.22. The van der Waals surface area contributed by atoms with Crippen LogP contribution >= 0.6 is 0 Å². The molecule has 0 bridgehead atoms. The van der Waals surface area contributed by atoms with Gasteiger partial charge in [-0.2, -0.15) is 0 Å². The van der Waals surface area contributed by atoms with Gasteiger partial charge in [-0.25, -0.2) is 4.98 Å². The van der Waals surface area contributed by atoms with Crippen molar-refractivity contribution in [3.63, 3.8) is 0 Å². The predicted octanol–water partition coefficient (Wildman–Crippen LogP) is -0.607. The molecule has 0 spiro atoms. The van der Waals surface area contributed by atoms with Crippen molar-refractivity contribution < 1.29 is 48.6 Å². The molecule has 65 heavy (non-hydrogen) atoms. The number of carbonyl (C=O) groups is 8. The molecule has 1 aliphatic heterocycles. The van der Waals surface area contributed by atoms with Crippen molar-refractivity contribution in [2.24, 2.45) is 17.4 Å². The molecule has 0 radical (unpaired) electrons. The summed E-state index contributed by atoms with van der Waals surface area (Å²) in [4.78, 5) is 118. The number of nitrogens with two attached hydrogens (primary N) is 2. The molecular formula is C44H57N11O10. The highest BCUT2D eigenvalue weighted by molar-refractivity contribution is 5.99. The maximum Gasteiger partial charge on any atom is 0.325 e. The Labute approximate surface area is 374 Å². The molecule has 21 nitrogen and oxygen atoms in total. The van der Waals surface area contributed by atoms with Crippen molar-refractivity contribution in [1.82, 2.24) is 46.4 Å². The molecule has 348 valence electrons. The number of carboxylic acids is 1. The van der Waals surface area contributed by atoms with E-state index in [2.05, 4.69) is 41.5 Å². The van der Waals surface area contributed by atoms with Crippen LogP contribution < -0.4 is 38.1 Å². The van der Waals surface area contributed by atoms with Gasteiger partial charge >= 0.3 is 5.97 Å². The number of fused-ring (bicyclic) bond motifs is 1. The summed E-state index contributed by atoms with van der Waals surface area (Å²) in [7, 11) is 0. The molecule has 1 aliphatic rings. The van der Waals surface area contributed by atoms with Crippen LogP contribution in [0.2, 0.25) is 0 Å². The number of likely N-dealkylation sites (tertiary alicyclic amines) is 1. The van der Waals surface area contributed by atoms with E-state index in [4.69, 9.17) is 11.5 Å². The molecule has 4 aromatic rings. The molecule has 21 heteroatoms. The number of rotatable bonds is 22. The van der Waals surface area contributed by atoms with Gasteiger partial charge < -0.3 is 63.1 Å². The number of aromatic nitrogens is 3. The van der Waals surface area contributed by atoms with Gasteiger partial charge in [-0.1, -0.05) is 44.2 Å². The van der Waals surface area contributed by atoms with Crippen LogP contribution in [-0.4, -0.2) is 126 Å². The van der Waals surface area contributed by atoms with Crippen LogP contribution in [0.15, 0.2) is 67.3 Å². The summed E-state index contributed by atoms with van der Waals surface area (Å²) in [6, 6.07) is 4.65. The summed E-state index contributed by atoms with van der Waals surface area (Å²) in [5.74, 6) is -7.03. The lowest BCUT2D eigenvalue weighted by molar-refractivity contribution is -0.142. The number of carboxylic acid groups (broad SMARTS) is 1. The molecule has 0 aliphatic carbocycles. The van der Waals surface area contributed by atoms with Crippen LogP contribution in [0.1, 0.15) is 63.3 Å². The summed E-state index contributed by atoms with van der Waals surface area (Å²) in [6.07, 6.45) is 4.41. The molecule has 2 aromatic heterocycles. The first-order chi connectivity index (χ1) is 30.9. The molecule has 7 atom stereocenters. The van der Waals surface area contributed by atoms with Crippen molar-refractivity contribution in [1.29, 1.82) is 0 Å². The number of nitrogens with zero attached hydrogens (tertiary/aromatic N) is 2. The second-order valence-electron chi connectivity index (χ2n) is 16.6. The molecule has 2 aromatic carbocycles. The van der Waals surface area contributed by atoms with Crippen molar-refractivity contribution in [2.45, 2.75) is 108 Å². The number of carbonyl (C=O) groups excluding carboxylic acids is 7. The van der Waals surface area contributed by atoms with Crippen molar-refractivity contribution in [3.8, 4) is 5.75 Å². The Balaban J connectivity index is 1.32. The van der Waals surface area contributed by atoms with E-state index in [1.54, 1.807) is 32.2 Å². The lowest BCUT2D eigenvalue weighted by atomic mass is 10.0. The SMILES string of the molecule is CC(C)C[C@H](NC(=O)[C@H](Cc1cnc[nH]1)NC(=O)[C@H](CC(N)=O)NC(=O)[C@@H]1CCCN1C(=O)[C@H](Cc1ccc(O)cc1)NC(=O)[C@@H](N)Cc1c[nH]c2ccccc12)C(=O)N[C@@H](C)C(=O)O. The Kier molecular flexibility index (Phi) is 16.8. The fourth-order valence-corrected chi connectivity index (χ4v) is 7.61. The Hall–Kier alpha value is -7.29. The number of H-pyrrole nitrogens is 2. The Morgan fingerprint density at radius 1 is 0.800 bits per heavy atom. The van der Waals surface area contributed by atoms with Gasteiger partial charge in [-0.3, -0.25) is 38.4 Å². The number of aromatic hydroxyl groups is 1. The number of hydrogen-bond acceptors (Lipinski definition) is 11. The van der Waals surface area contributed by atoms with Gasteiger partial charge in [-0.15, -0.1) is 0 Å². The van der Waals surface area contributed by atoms with Gasteiger partial charge in [0.1, 0.15) is 42.0 Å². The van der Waals surface area contributed by atoms with E-state index in [9.17, 15) is 48.6 Å². The van der Waals surface area contributed by atoms with Crippen molar-refractivity contribution in [3.05, 3.63) is 84.1 Å². The van der Waals surface area contributed by atoms with Crippen LogP contribution in [0.5, 0.6) is 5.75 Å². The second kappa shape index (κ2) is 22.4. The zero-order valence-corrected chi connectivity index (χ0v) is 36.3. The van der Waals surface area contributed by atoms with E-state index >= 15 is 0 Å². The minimum Gasteiger partial charge on any atom is -0.508 e. The number of hydrogen-bond donors (Lipinski definition) is 11. The maximum atomic E-state index is 14.4. The summed E-state index contributed by atoms with van der Waals surface area (Å²) < 4.78 is 0. The lowest BCUT2D eigenvalue weighted by Gasteiger charge is -2.30. The Morgan fingerprint density at radius 2 is 1.46 bits per heavy atom. The van der Waals surface area contributed by atoms with E-state index in [1.807, 2.05) is 24.3 Å². The minimum atomic E-state index is -1.63. The van der Waals surface area contributed by atoms with Crippen LogP contribution in [-0.2, 0) is 57.6 Å². The smallest absolute Gasteiger partial charge is 0.325 e. The summed E-state index contributed by atoms with van der Waals surface area (Å²) in [6.45, 7) is 4.96. The van der Waals surface area contributed by atoms with E-state index in [0.717, 1.165) is 16.5 Å². The quantitative estimate of drug-likeness (QED) is 0.0471. The summed E-state index contributed by atoms with van der Waals surface area (Å²) in [5, 5.41) is 32.9. The first kappa shape index (κ1) is 48.7. The van der Waals surface area contributed by atoms with Crippen LogP contribution in [0.3, 0.4) is 0 Å². The molecular weight excluding hydrogens is 843 g/mol. The standard InChI is InChI=1S/C44H57N11O10/c1-23(2)15-32(39(59)50-24(3)44(64)65)51-40(60)33(18-27-21-47-22-49-27)52-41(61)34(19-37(46)57)53-42(62)36-9-6-14-55(36)43(63)35(16-25-10-12-28(56)13-11-25)54-38(58)30(45)17-26-20-48-31-8-5-4-7-29(26)31/h4-5,7-8,10-13,20-24,30,32-36,48,56H,6,9,14-19,45H2,1-3H3,(H2,46,57)(H,47,49)(H,50,59)(H,51,60)(H,52,61)(H,53,62)(H,54,58)(H,64,65)/t24-,30-,32-,33-,34-,35-,36-/m0/s1. The maximum absolute atomic E-state index is 14.4. The lowest BCUT2D eigenvalue weighted by Crippen LogP contribution is -2.60. The number of aliphatic carboxylic acids is 1. The number of nitrogens with one attached hydrogen (secondary N) is 7. The fourth-order valence-electron chi connectivity index (χ4n) is 7.61. The van der Waals surface area contributed by atoms with E-state index in [0.29, 0.717) is 17.7 Å². The van der Waals surface area contributed by atoms with Crippen LogP contribution in [0.25, 0.3) is 10.9 Å². The third-order valence-corrected chi connectivity index (χ3v) is 11.0. The number of amides is 7. The molecule has 3 heterocycles. The van der Waals surface area contributed by atoms with Gasteiger partial charge in [0.2, 0.25) is 41.4 Å². The molecule has 7 amide bonds. The number of primary amides is 1. The topological polar surface area (TPSA) is 337 Å². The van der Waals surface area contributed by atoms with Gasteiger partial charge in [0.15, 0.2) is 0 Å². The van der Waals surface area contributed by atoms with E-state index < -0.39 is 96.0 Å². The molecule has 13 N–H and O–H groups in total. The minimum absolute atomic E-state index is 0.00845. The van der Waals surface area contributed by atoms with Gasteiger partial charge in [-0.05, 0) is 67.9 Å². The first-order valence-electron chi connectivity index (χ1n) is 21.3. The zero-order valence-electron chi connectivity index (χ0n) is 36.3. The van der Waals surface area contributed by atoms with Gasteiger partial charge in [0.25, 0.3) is 0 Å². The largest absolute Gasteiger partial charge is 0.508 e. The average Bonchev–Trinajstić information content (AvgIpc) is 4.05. The molecule has 5 rings (SSSR count). The monoisotopic (exact) mass is 899 g/mol. The molecule has 1 saturated heterocycles. The van der Waals surface area contributed by atoms with Crippen LogP contribution in [0, 0.1) is 5.92 Å². The number of imidazole rings is 1. The number of para-hydroxylation sites is 1. The summed E-state index contributed by atoms with van der Waals surface area (Å²) in [5.41, 5.74) is 14.6. The van der Waals surface area contributed by atoms with E-state index in [1.165, 1.54) is 36.5 Å². The zero-order chi connectivity index (χ0) is 47.4. The van der Waals surface area contributed by atoms with Crippen molar-refractivity contribution >= 4 is 58.2 Å².